The SMILES string of the molecule is N#Cc1ccccc1-c1ccc2c(c1)C1(c3ccccc3Oc3ccccc31)c1cc(-c3cc(-c4cccc5ccccc45)nc(-c4ccccc4)n3)ccc1-2. The van der Waals surface area contributed by atoms with Crippen LogP contribution in [0.5, 0.6) is 11.5 Å². The number of hydrogen-bond donors (Lipinski definition) is 0. The van der Waals surface area contributed by atoms with Crippen molar-refractivity contribution >= 4 is 10.8 Å². The lowest BCUT2D eigenvalue weighted by atomic mass is 9.65. The average Bonchev–Trinajstić information content (AvgIpc) is 3.55. The summed E-state index contributed by atoms with van der Waals surface area (Å²) in [6.07, 6.45) is 0. The number of rotatable bonds is 4. The molecule has 4 heteroatoms. The summed E-state index contributed by atoms with van der Waals surface area (Å²) in [4.78, 5) is 10.5. The fourth-order valence-electron chi connectivity index (χ4n) is 8.96. The average molecular weight is 714 g/mol. The minimum Gasteiger partial charge on any atom is -0.457 e. The largest absolute Gasteiger partial charge is 0.457 e. The molecule has 9 aromatic rings. The zero-order valence-corrected chi connectivity index (χ0v) is 30.1. The van der Waals surface area contributed by atoms with Gasteiger partial charge in [-0.3, -0.25) is 0 Å². The maximum absolute atomic E-state index is 10.1. The fraction of sp³-hybridized carbons (Fsp3) is 0.0192. The first-order chi connectivity index (χ1) is 27.7. The van der Waals surface area contributed by atoms with Crippen LogP contribution in [0.2, 0.25) is 0 Å². The zero-order chi connectivity index (χ0) is 37.2. The molecule has 1 spiro atoms. The van der Waals surface area contributed by atoms with Gasteiger partial charge in [0.05, 0.1) is 28.4 Å². The quantitative estimate of drug-likeness (QED) is 0.182. The van der Waals surface area contributed by atoms with E-state index in [1.807, 2.05) is 54.6 Å². The molecule has 0 fully saturated rings. The summed E-state index contributed by atoms with van der Waals surface area (Å²) < 4.78 is 6.66. The van der Waals surface area contributed by atoms with Gasteiger partial charge in [-0.15, -0.1) is 0 Å². The minimum atomic E-state index is -0.711. The molecule has 56 heavy (non-hydrogen) atoms. The van der Waals surface area contributed by atoms with Gasteiger partial charge in [-0.25, -0.2) is 9.97 Å². The van der Waals surface area contributed by atoms with Gasteiger partial charge in [-0.1, -0.05) is 152 Å². The van der Waals surface area contributed by atoms with Crippen molar-refractivity contribution in [2.75, 3.05) is 0 Å². The fourth-order valence-corrected chi connectivity index (χ4v) is 8.96. The molecule has 0 unspecified atom stereocenters. The molecule has 0 atom stereocenters. The monoisotopic (exact) mass is 713 g/mol. The van der Waals surface area contributed by atoms with Gasteiger partial charge in [0.25, 0.3) is 0 Å². The van der Waals surface area contributed by atoms with Crippen molar-refractivity contribution < 1.29 is 4.74 Å². The van der Waals surface area contributed by atoms with Crippen LogP contribution in [0.4, 0.5) is 0 Å². The lowest BCUT2D eigenvalue weighted by Crippen LogP contribution is -2.32. The first kappa shape index (κ1) is 31.9. The molecule has 0 saturated carbocycles. The Hall–Kier alpha value is -7.61. The van der Waals surface area contributed by atoms with E-state index in [4.69, 9.17) is 14.7 Å². The van der Waals surface area contributed by atoms with Crippen molar-refractivity contribution in [1.82, 2.24) is 9.97 Å². The standard InChI is InChI=1S/C52H31N3O/c53-32-37-16-5-6-18-38(37)35-25-27-40-41-28-26-36(30-46(41)52(45(40)29-35)43-21-8-10-23-49(43)56-50-24-11-9-22-44(50)52)47-31-48(55-51(54-47)34-14-2-1-3-15-34)42-20-12-17-33-13-4-7-19-39(33)42/h1-31H. The van der Waals surface area contributed by atoms with E-state index in [-0.39, 0.29) is 0 Å². The van der Waals surface area contributed by atoms with Crippen LogP contribution in [-0.2, 0) is 5.41 Å². The summed E-state index contributed by atoms with van der Waals surface area (Å²) in [5.41, 5.74) is 13.3. The van der Waals surface area contributed by atoms with Crippen molar-refractivity contribution in [3.05, 3.63) is 216 Å². The summed E-state index contributed by atoms with van der Waals surface area (Å²) in [6.45, 7) is 0. The van der Waals surface area contributed by atoms with Gasteiger partial charge in [0.1, 0.15) is 11.5 Å². The summed E-state index contributed by atoms with van der Waals surface area (Å²) in [5, 5.41) is 12.4. The smallest absolute Gasteiger partial charge is 0.160 e. The predicted molar refractivity (Wildman–Crippen MR) is 223 cm³/mol. The molecular weight excluding hydrogens is 683 g/mol. The molecule has 0 saturated heterocycles. The van der Waals surface area contributed by atoms with Crippen LogP contribution in [0.1, 0.15) is 27.8 Å². The highest BCUT2D eigenvalue weighted by Crippen LogP contribution is 2.62. The molecule has 8 aromatic carbocycles. The number of fused-ring (bicyclic) bond motifs is 10. The number of aromatic nitrogens is 2. The minimum absolute atomic E-state index is 0.645. The van der Waals surface area contributed by atoms with Crippen molar-refractivity contribution in [3.63, 3.8) is 0 Å². The maximum Gasteiger partial charge on any atom is 0.160 e. The number of para-hydroxylation sites is 2. The molecule has 0 radical (unpaired) electrons. The normalized spacial score (nSPS) is 12.9. The third-order valence-corrected chi connectivity index (χ3v) is 11.4. The van der Waals surface area contributed by atoms with Crippen LogP contribution in [0, 0.1) is 11.3 Å². The molecule has 0 bridgehead atoms. The van der Waals surface area contributed by atoms with E-state index in [0.29, 0.717) is 11.4 Å². The summed E-state index contributed by atoms with van der Waals surface area (Å²) >= 11 is 0. The Bertz CT molecular complexity index is 3040. The van der Waals surface area contributed by atoms with Crippen LogP contribution in [0.15, 0.2) is 188 Å². The molecule has 1 aliphatic heterocycles. The molecule has 11 rings (SSSR count). The maximum atomic E-state index is 10.1. The third kappa shape index (κ3) is 4.71. The number of nitrogens with zero attached hydrogens (tertiary/aromatic N) is 3. The van der Waals surface area contributed by atoms with E-state index in [2.05, 4.69) is 140 Å². The van der Waals surface area contributed by atoms with E-state index in [1.54, 1.807) is 0 Å². The Kier molecular flexibility index (Phi) is 7.10. The lowest BCUT2D eigenvalue weighted by Gasteiger charge is -2.39. The second kappa shape index (κ2) is 12.5. The van der Waals surface area contributed by atoms with Gasteiger partial charge in [-0.05, 0) is 80.6 Å². The molecule has 4 nitrogen and oxygen atoms in total. The summed E-state index contributed by atoms with van der Waals surface area (Å²) in [5.74, 6) is 2.32. The molecule has 0 amide bonds. The molecule has 2 aliphatic rings. The number of benzene rings is 8. The van der Waals surface area contributed by atoms with E-state index in [1.165, 1.54) is 0 Å². The topological polar surface area (TPSA) is 58.8 Å². The predicted octanol–water partition coefficient (Wildman–Crippen LogP) is 12.6. The zero-order valence-electron chi connectivity index (χ0n) is 30.1. The van der Waals surface area contributed by atoms with E-state index in [9.17, 15) is 5.26 Å². The highest BCUT2D eigenvalue weighted by Gasteiger charge is 2.51. The Balaban J connectivity index is 1.19. The van der Waals surface area contributed by atoms with Crippen LogP contribution >= 0.6 is 0 Å². The molecule has 260 valence electrons. The number of nitriles is 1. The Labute approximate surface area is 324 Å². The molecule has 1 aliphatic carbocycles. The summed E-state index contributed by atoms with van der Waals surface area (Å²) in [6, 6.07) is 67.7. The van der Waals surface area contributed by atoms with E-state index in [0.717, 1.165) is 94.9 Å². The van der Waals surface area contributed by atoms with Crippen molar-refractivity contribution in [2.45, 2.75) is 5.41 Å². The molecule has 0 N–H and O–H groups in total. The van der Waals surface area contributed by atoms with Crippen molar-refractivity contribution in [2.24, 2.45) is 0 Å². The Morgan fingerprint density at radius 3 is 1.79 bits per heavy atom. The van der Waals surface area contributed by atoms with Crippen LogP contribution in [0.25, 0.3) is 66.9 Å². The highest BCUT2D eigenvalue weighted by atomic mass is 16.5. The van der Waals surface area contributed by atoms with E-state index < -0.39 is 5.41 Å². The van der Waals surface area contributed by atoms with Gasteiger partial charge >= 0.3 is 0 Å². The Morgan fingerprint density at radius 1 is 0.429 bits per heavy atom. The Morgan fingerprint density at radius 2 is 1.02 bits per heavy atom. The third-order valence-electron chi connectivity index (χ3n) is 11.4. The van der Waals surface area contributed by atoms with E-state index >= 15 is 0 Å². The van der Waals surface area contributed by atoms with Gasteiger partial charge in [-0.2, -0.15) is 5.26 Å². The van der Waals surface area contributed by atoms with Crippen molar-refractivity contribution in [1.29, 1.82) is 5.26 Å². The van der Waals surface area contributed by atoms with Crippen LogP contribution in [-0.4, -0.2) is 9.97 Å². The van der Waals surface area contributed by atoms with Gasteiger partial charge in [0.2, 0.25) is 0 Å². The van der Waals surface area contributed by atoms with Crippen LogP contribution < -0.4 is 4.74 Å². The first-order valence-electron chi connectivity index (χ1n) is 18.8. The molecular formula is C52H31N3O. The lowest BCUT2D eigenvalue weighted by molar-refractivity contribution is 0.436. The molecule has 2 heterocycles. The second-order valence-electron chi connectivity index (χ2n) is 14.4. The van der Waals surface area contributed by atoms with Gasteiger partial charge in [0, 0.05) is 27.8 Å². The highest BCUT2D eigenvalue weighted by molar-refractivity contribution is 5.97. The van der Waals surface area contributed by atoms with Gasteiger partial charge < -0.3 is 4.74 Å². The molecule has 1 aromatic heterocycles. The van der Waals surface area contributed by atoms with Crippen molar-refractivity contribution in [3.8, 4) is 73.7 Å². The van der Waals surface area contributed by atoms with Crippen LogP contribution in [0.3, 0.4) is 0 Å². The first-order valence-corrected chi connectivity index (χ1v) is 18.8. The number of hydrogen-bond acceptors (Lipinski definition) is 4. The second-order valence-corrected chi connectivity index (χ2v) is 14.4. The summed E-state index contributed by atoms with van der Waals surface area (Å²) in [7, 11) is 0. The van der Waals surface area contributed by atoms with Gasteiger partial charge in [0.15, 0.2) is 5.82 Å². The number of ether oxygens (including phenoxy) is 1.